The Hall–Kier alpha value is -3.64. The van der Waals surface area contributed by atoms with E-state index in [9.17, 15) is 9.90 Å². The number of carbonyl (C=O) groups is 1. The first-order valence-corrected chi connectivity index (χ1v) is 10.7. The van der Waals surface area contributed by atoms with Gasteiger partial charge in [-0.2, -0.15) is 5.10 Å². The number of carboxylic acid groups (broad SMARTS) is 1. The molecular formula is C26H27N3O3. The number of nitrogens with two attached hydrogens (primary N) is 1. The maximum atomic E-state index is 11.2. The molecule has 6 nitrogen and oxygen atoms in total. The van der Waals surface area contributed by atoms with Crippen molar-refractivity contribution in [2.24, 2.45) is 5.73 Å². The number of hydrogen-bond acceptors (Lipinski definition) is 4. The van der Waals surface area contributed by atoms with Crippen LogP contribution in [-0.2, 0) is 24.4 Å². The number of aliphatic carboxylic acids is 1. The highest BCUT2D eigenvalue weighted by atomic mass is 16.5. The molecule has 0 amide bonds. The first-order valence-electron chi connectivity index (χ1n) is 10.7. The van der Waals surface area contributed by atoms with Crippen molar-refractivity contribution < 1.29 is 14.6 Å². The van der Waals surface area contributed by atoms with Crippen molar-refractivity contribution in [3.63, 3.8) is 0 Å². The third kappa shape index (κ3) is 4.50. The zero-order valence-corrected chi connectivity index (χ0v) is 18.3. The number of fused-ring (bicyclic) bond motifs is 1. The molecule has 0 spiro atoms. The Morgan fingerprint density at radius 2 is 1.84 bits per heavy atom. The van der Waals surface area contributed by atoms with Crippen molar-refractivity contribution in [1.82, 2.24) is 9.78 Å². The van der Waals surface area contributed by atoms with Gasteiger partial charge in [0.1, 0.15) is 18.1 Å². The number of aromatic nitrogens is 2. The molecule has 164 valence electrons. The lowest BCUT2D eigenvalue weighted by atomic mass is 10.0. The van der Waals surface area contributed by atoms with E-state index < -0.39 is 5.97 Å². The van der Waals surface area contributed by atoms with Crippen LogP contribution in [0.3, 0.4) is 0 Å². The maximum Gasteiger partial charge on any atom is 0.307 e. The molecule has 0 fully saturated rings. The summed E-state index contributed by atoms with van der Waals surface area (Å²) in [5.74, 6) is -0.325. The number of carboxylic acids is 1. The van der Waals surface area contributed by atoms with E-state index in [-0.39, 0.29) is 19.1 Å². The van der Waals surface area contributed by atoms with Crippen molar-refractivity contribution in [2.75, 3.05) is 0 Å². The Morgan fingerprint density at radius 1 is 1.06 bits per heavy atom. The van der Waals surface area contributed by atoms with Gasteiger partial charge >= 0.3 is 5.97 Å². The molecule has 4 rings (SSSR count). The second-order valence-electron chi connectivity index (χ2n) is 8.09. The molecule has 0 bridgehead atoms. The van der Waals surface area contributed by atoms with Gasteiger partial charge in [0, 0.05) is 23.5 Å². The lowest BCUT2D eigenvalue weighted by Crippen LogP contribution is -2.06. The molecule has 32 heavy (non-hydrogen) atoms. The number of rotatable bonds is 8. The lowest BCUT2D eigenvalue weighted by molar-refractivity contribution is -0.136. The first kappa shape index (κ1) is 21.6. The predicted octanol–water partition coefficient (Wildman–Crippen LogP) is 4.95. The summed E-state index contributed by atoms with van der Waals surface area (Å²) in [5, 5.41) is 15.0. The average molecular weight is 430 g/mol. The molecule has 0 saturated carbocycles. The summed E-state index contributed by atoms with van der Waals surface area (Å²) in [7, 11) is 0. The summed E-state index contributed by atoms with van der Waals surface area (Å²) in [4.78, 5) is 11.2. The van der Waals surface area contributed by atoms with Gasteiger partial charge in [0.15, 0.2) is 0 Å². The third-order valence-corrected chi connectivity index (χ3v) is 5.45. The summed E-state index contributed by atoms with van der Waals surface area (Å²) in [6.07, 6.45) is -0.0843. The summed E-state index contributed by atoms with van der Waals surface area (Å²) < 4.78 is 8.05. The van der Waals surface area contributed by atoms with Gasteiger partial charge in [-0.1, -0.05) is 42.5 Å². The Bertz CT molecular complexity index is 1260. The van der Waals surface area contributed by atoms with Crippen LogP contribution < -0.4 is 10.5 Å². The standard InChI is InChI=1S/C26H27N3O3/c1-17(2)29-24-11-10-20(19-8-5-6-18(12-19)15-27)13-22(24)23(28-29)16-32-25-9-4-3-7-21(25)14-26(30)31/h3-13,17H,14-16,27H2,1-2H3,(H,30,31). The SMILES string of the molecule is CC(C)n1nc(COc2ccccc2CC(=O)O)c2cc(-c3cccc(CN)c3)ccc21. The molecule has 1 aromatic heterocycles. The van der Waals surface area contributed by atoms with Crippen LogP contribution in [0.4, 0.5) is 0 Å². The van der Waals surface area contributed by atoms with E-state index in [4.69, 9.17) is 15.6 Å². The molecule has 3 N–H and O–H groups in total. The molecule has 3 aromatic carbocycles. The van der Waals surface area contributed by atoms with Crippen molar-refractivity contribution in [3.8, 4) is 16.9 Å². The van der Waals surface area contributed by atoms with Gasteiger partial charge < -0.3 is 15.6 Å². The van der Waals surface area contributed by atoms with Gasteiger partial charge in [-0.05, 0) is 54.8 Å². The van der Waals surface area contributed by atoms with Gasteiger partial charge in [-0.15, -0.1) is 0 Å². The van der Waals surface area contributed by atoms with Crippen LogP contribution in [0.1, 0.15) is 36.7 Å². The van der Waals surface area contributed by atoms with E-state index in [0.29, 0.717) is 17.9 Å². The van der Waals surface area contributed by atoms with E-state index >= 15 is 0 Å². The fourth-order valence-corrected chi connectivity index (χ4v) is 3.86. The lowest BCUT2D eigenvalue weighted by Gasteiger charge is -2.09. The minimum atomic E-state index is -0.889. The van der Waals surface area contributed by atoms with Crippen LogP contribution in [0.2, 0.25) is 0 Å². The molecule has 0 radical (unpaired) electrons. The van der Waals surface area contributed by atoms with Crippen LogP contribution in [0, 0.1) is 0 Å². The zero-order chi connectivity index (χ0) is 22.7. The molecule has 0 aliphatic carbocycles. The molecule has 0 atom stereocenters. The molecule has 4 aromatic rings. The molecule has 0 aliphatic rings. The fourth-order valence-electron chi connectivity index (χ4n) is 3.86. The van der Waals surface area contributed by atoms with Gasteiger partial charge in [-0.25, -0.2) is 0 Å². The molecule has 1 heterocycles. The minimum Gasteiger partial charge on any atom is -0.487 e. The van der Waals surface area contributed by atoms with E-state index in [0.717, 1.165) is 33.3 Å². The van der Waals surface area contributed by atoms with E-state index in [2.05, 4.69) is 44.2 Å². The Morgan fingerprint density at radius 3 is 2.59 bits per heavy atom. The largest absolute Gasteiger partial charge is 0.487 e. The van der Waals surface area contributed by atoms with Gasteiger partial charge in [0.25, 0.3) is 0 Å². The van der Waals surface area contributed by atoms with E-state index in [1.54, 1.807) is 12.1 Å². The van der Waals surface area contributed by atoms with Crippen LogP contribution in [-0.4, -0.2) is 20.9 Å². The third-order valence-electron chi connectivity index (χ3n) is 5.45. The van der Waals surface area contributed by atoms with Crippen LogP contribution in [0.15, 0.2) is 66.7 Å². The average Bonchev–Trinajstić information content (AvgIpc) is 3.16. The number of nitrogens with zero attached hydrogens (tertiary/aromatic N) is 2. The van der Waals surface area contributed by atoms with Gasteiger partial charge in [-0.3, -0.25) is 9.48 Å². The van der Waals surface area contributed by atoms with E-state index in [1.165, 1.54) is 0 Å². The van der Waals surface area contributed by atoms with Crippen LogP contribution in [0.25, 0.3) is 22.0 Å². The van der Waals surface area contributed by atoms with Crippen molar-refractivity contribution in [1.29, 1.82) is 0 Å². The maximum absolute atomic E-state index is 11.2. The highest BCUT2D eigenvalue weighted by Crippen LogP contribution is 2.30. The fraction of sp³-hybridized carbons (Fsp3) is 0.231. The Kier molecular flexibility index (Phi) is 6.23. The number of ether oxygens (including phenoxy) is 1. The normalized spacial score (nSPS) is 11.2. The first-order chi connectivity index (χ1) is 15.5. The summed E-state index contributed by atoms with van der Waals surface area (Å²) in [6, 6.07) is 22.0. The summed E-state index contributed by atoms with van der Waals surface area (Å²) >= 11 is 0. The highest BCUT2D eigenvalue weighted by Gasteiger charge is 2.16. The van der Waals surface area contributed by atoms with Gasteiger partial charge in [0.05, 0.1) is 11.9 Å². The van der Waals surface area contributed by atoms with Crippen LogP contribution in [0.5, 0.6) is 5.75 Å². The second kappa shape index (κ2) is 9.24. The number of para-hydroxylation sites is 1. The monoisotopic (exact) mass is 429 g/mol. The number of benzene rings is 3. The Labute approximate surface area is 187 Å². The molecule has 6 heteroatoms. The summed E-state index contributed by atoms with van der Waals surface area (Å²) in [6.45, 7) is 4.94. The van der Waals surface area contributed by atoms with Crippen molar-refractivity contribution in [3.05, 3.63) is 83.6 Å². The van der Waals surface area contributed by atoms with E-state index in [1.807, 2.05) is 28.9 Å². The number of hydrogen-bond donors (Lipinski definition) is 2. The molecule has 0 unspecified atom stereocenters. The Balaban J connectivity index is 1.71. The summed E-state index contributed by atoms with van der Waals surface area (Å²) in [5.41, 5.74) is 11.6. The highest BCUT2D eigenvalue weighted by molar-refractivity contribution is 5.87. The molecule has 0 aliphatic heterocycles. The predicted molar refractivity (Wildman–Crippen MR) is 126 cm³/mol. The van der Waals surface area contributed by atoms with Gasteiger partial charge in [0.2, 0.25) is 0 Å². The van der Waals surface area contributed by atoms with Crippen molar-refractivity contribution >= 4 is 16.9 Å². The topological polar surface area (TPSA) is 90.4 Å². The van der Waals surface area contributed by atoms with Crippen molar-refractivity contribution in [2.45, 2.75) is 39.5 Å². The minimum absolute atomic E-state index is 0.0843. The molecular weight excluding hydrogens is 402 g/mol. The zero-order valence-electron chi connectivity index (χ0n) is 18.3. The molecule has 0 saturated heterocycles. The quantitative estimate of drug-likeness (QED) is 0.414. The second-order valence-corrected chi connectivity index (χ2v) is 8.09. The smallest absolute Gasteiger partial charge is 0.307 e. The van der Waals surface area contributed by atoms with Crippen LogP contribution >= 0.6 is 0 Å².